The Labute approximate surface area is 186 Å². The molecule has 172 valence electrons. The maximum absolute atomic E-state index is 13.9. The van der Waals surface area contributed by atoms with Crippen molar-refractivity contribution < 1.29 is 14.3 Å². The minimum atomic E-state index is -0.467. The quantitative estimate of drug-likeness (QED) is 0.664. The van der Waals surface area contributed by atoms with Crippen LogP contribution >= 0.6 is 0 Å². The fourth-order valence-electron chi connectivity index (χ4n) is 10.0. The molecule has 8 rings (SSSR count). The molecule has 5 heteroatoms. The second-order valence-electron chi connectivity index (χ2n) is 14.1. The van der Waals surface area contributed by atoms with Crippen molar-refractivity contribution in [1.82, 2.24) is 5.32 Å². The van der Waals surface area contributed by atoms with Gasteiger partial charge in [0.2, 0.25) is 5.91 Å². The standard InChI is InChI=1S/C26H40N2O3/c1-22(2,3)31-21(30)24-8-18-5-19(9-24)13-26(12-18,15-24)28-20(29)23-6-16-4-17(7-23)11-25(27,10-16)14-23/h16-19H,4-15,27H2,1-3H3,(H,28,29). The van der Waals surface area contributed by atoms with Crippen LogP contribution in [0.3, 0.4) is 0 Å². The molecule has 0 aliphatic heterocycles. The van der Waals surface area contributed by atoms with Crippen LogP contribution in [0.25, 0.3) is 0 Å². The monoisotopic (exact) mass is 428 g/mol. The summed E-state index contributed by atoms with van der Waals surface area (Å²) in [4.78, 5) is 27.3. The van der Waals surface area contributed by atoms with E-state index in [1.807, 2.05) is 20.8 Å². The maximum atomic E-state index is 13.9. The molecule has 4 atom stereocenters. The lowest BCUT2D eigenvalue weighted by Gasteiger charge is -2.63. The summed E-state index contributed by atoms with van der Waals surface area (Å²) in [5, 5.41) is 3.64. The summed E-state index contributed by atoms with van der Waals surface area (Å²) in [6.07, 6.45) is 12.3. The van der Waals surface area contributed by atoms with Crippen LogP contribution in [0.15, 0.2) is 0 Å². The molecule has 8 fully saturated rings. The molecule has 8 bridgehead atoms. The number of hydrogen-bond donors (Lipinski definition) is 2. The van der Waals surface area contributed by atoms with E-state index in [0.717, 1.165) is 64.2 Å². The van der Waals surface area contributed by atoms with Gasteiger partial charge in [-0.15, -0.1) is 0 Å². The highest BCUT2D eigenvalue weighted by atomic mass is 16.6. The number of amides is 1. The summed E-state index contributed by atoms with van der Waals surface area (Å²) in [6.45, 7) is 5.87. The fraction of sp³-hybridized carbons (Fsp3) is 0.923. The van der Waals surface area contributed by atoms with E-state index < -0.39 is 11.0 Å². The van der Waals surface area contributed by atoms with Crippen molar-refractivity contribution in [2.45, 2.75) is 114 Å². The van der Waals surface area contributed by atoms with Gasteiger partial charge in [0.15, 0.2) is 0 Å². The zero-order chi connectivity index (χ0) is 21.9. The second-order valence-corrected chi connectivity index (χ2v) is 14.1. The average molecular weight is 429 g/mol. The van der Waals surface area contributed by atoms with Crippen LogP contribution in [0, 0.1) is 34.5 Å². The van der Waals surface area contributed by atoms with Gasteiger partial charge in [0, 0.05) is 11.1 Å². The zero-order valence-corrected chi connectivity index (χ0v) is 19.6. The number of esters is 1. The van der Waals surface area contributed by atoms with E-state index in [4.69, 9.17) is 10.5 Å². The lowest BCUT2D eigenvalue weighted by molar-refractivity contribution is -0.188. The average Bonchev–Trinajstić information content (AvgIpc) is 2.56. The Balaban J connectivity index is 1.26. The third kappa shape index (κ3) is 3.20. The van der Waals surface area contributed by atoms with Crippen LogP contribution in [0.4, 0.5) is 0 Å². The number of carbonyl (C=O) groups is 2. The number of rotatable bonds is 3. The van der Waals surface area contributed by atoms with Gasteiger partial charge in [-0.05, 0) is 121 Å². The van der Waals surface area contributed by atoms with Crippen LogP contribution in [-0.4, -0.2) is 28.6 Å². The van der Waals surface area contributed by atoms with E-state index in [1.54, 1.807) is 0 Å². The molecule has 5 nitrogen and oxygen atoms in total. The van der Waals surface area contributed by atoms with Crippen molar-refractivity contribution in [3.63, 3.8) is 0 Å². The van der Waals surface area contributed by atoms with E-state index in [-0.39, 0.29) is 28.4 Å². The first-order valence-electron chi connectivity index (χ1n) is 12.7. The lowest BCUT2D eigenvalue weighted by Crippen LogP contribution is -2.69. The van der Waals surface area contributed by atoms with Gasteiger partial charge < -0.3 is 15.8 Å². The summed E-state index contributed by atoms with van der Waals surface area (Å²) in [7, 11) is 0. The van der Waals surface area contributed by atoms with Gasteiger partial charge in [-0.2, -0.15) is 0 Å². The van der Waals surface area contributed by atoms with Crippen molar-refractivity contribution in [1.29, 1.82) is 0 Å². The Morgan fingerprint density at radius 2 is 1.32 bits per heavy atom. The summed E-state index contributed by atoms with van der Waals surface area (Å²) >= 11 is 0. The van der Waals surface area contributed by atoms with Crippen LogP contribution in [-0.2, 0) is 14.3 Å². The van der Waals surface area contributed by atoms with E-state index in [1.165, 1.54) is 12.8 Å². The molecular formula is C26H40N2O3. The summed E-state index contributed by atoms with van der Waals surface area (Å²) in [5.41, 5.74) is 5.31. The molecule has 0 aromatic heterocycles. The topological polar surface area (TPSA) is 81.4 Å². The molecule has 31 heavy (non-hydrogen) atoms. The number of nitrogens with one attached hydrogen (secondary N) is 1. The molecule has 0 aromatic rings. The first-order chi connectivity index (χ1) is 14.4. The minimum Gasteiger partial charge on any atom is -0.460 e. The van der Waals surface area contributed by atoms with Gasteiger partial charge >= 0.3 is 5.97 Å². The van der Waals surface area contributed by atoms with E-state index in [9.17, 15) is 9.59 Å². The molecule has 3 N–H and O–H groups in total. The highest BCUT2D eigenvalue weighted by molar-refractivity contribution is 5.85. The highest BCUT2D eigenvalue weighted by Gasteiger charge is 2.64. The molecule has 0 aromatic carbocycles. The van der Waals surface area contributed by atoms with Crippen LogP contribution in [0.2, 0.25) is 0 Å². The fourth-order valence-corrected chi connectivity index (χ4v) is 10.0. The summed E-state index contributed by atoms with van der Waals surface area (Å²) in [5.74, 6) is 2.56. The van der Waals surface area contributed by atoms with Crippen molar-refractivity contribution in [2.75, 3.05) is 0 Å². The van der Waals surface area contributed by atoms with Crippen molar-refractivity contribution in [2.24, 2.45) is 40.2 Å². The van der Waals surface area contributed by atoms with E-state index in [0.29, 0.717) is 23.7 Å². The largest absolute Gasteiger partial charge is 0.460 e. The maximum Gasteiger partial charge on any atom is 0.312 e. The normalized spacial score (nSPS) is 51.7. The Hall–Kier alpha value is -1.10. The van der Waals surface area contributed by atoms with Crippen LogP contribution in [0.1, 0.15) is 97.8 Å². The first-order valence-corrected chi connectivity index (χ1v) is 12.7. The minimum absolute atomic E-state index is 0.0246. The third-order valence-corrected chi connectivity index (χ3v) is 9.86. The molecular weight excluding hydrogens is 388 g/mol. The lowest BCUT2D eigenvalue weighted by atomic mass is 9.45. The van der Waals surface area contributed by atoms with Crippen molar-refractivity contribution in [3.8, 4) is 0 Å². The molecule has 8 aliphatic rings. The summed E-state index contributed by atoms with van der Waals surface area (Å²) in [6, 6.07) is 0. The molecule has 1 amide bonds. The van der Waals surface area contributed by atoms with Gasteiger partial charge in [0.1, 0.15) is 5.60 Å². The SMILES string of the molecule is CC(C)(C)OC(=O)C12CC3CC(CC(NC(=O)C45CC6CC(CC(N)(C6)C4)C5)(C3)C1)C2. The van der Waals surface area contributed by atoms with E-state index >= 15 is 0 Å². The molecule has 0 radical (unpaired) electrons. The van der Waals surface area contributed by atoms with Crippen molar-refractivity contribution in [3.05, 3.63) is 0 Å². The molecule has 0 saturated heterocycles. The van der Waals surface area contributed by atoms with Gasteiger partial charge in [-0.3, -0.25) is 9.59 Å². The van der Waals surface area contributed by atoms with Crippen LogP contribution in [0.5, 0.6) is 0 Å². The molecule has 0 spiro atoms. The number of ether oxygens (including phenoxy) is 1. The molecule has 0 heterocycles. The van der Waals surface area contributed by atoms with E-state index in [2.05, 4.69) is 5.32 Å². The molecule has 8 aliphatic carbocycles. The zero-order valence-electron chi connectivity index (χ0n) is 19.6. The third-order valence-electron chi connectivity index (χ3n) is 9.86. The summed E-state index contributed by atoms with van der Waals surface area (Å²) < 4.78 is 5.92. The predicted molar refractivity (Wildman–Crippen MR) is 118 cm³/mol. The van der Waals surface area contributed by atoms with Crippen LogP contribution < -0.4 is 11.1 Å². The number of nitrogens with two attached hydrogens (primary N) is 1. The Kier molecular flexibility index (Phi) is 4.01. The van der Waals surface area contributed by atoms with Gasteiger partial charge in [-0.1, -0.05) is 0 Å². The Morgan fingerprint density at radius 1 is 0.806 bits per heavy atom. The second kappa shape index (κ2) is 6.07. The Bertz CT molecular complexity index is 799. The van der Waals surface area contributed by atoms with Gasteiger partial charge in [0.05, 0.1) is 10.8 Å². The predicted octanol–water partition coefficient (Wildman–Crippen LogP) is 4.08. The molecule has 8 saturated carbocycles. The van der Waals surface area contributed by atoms with Crippen molar-refractivity contribution >= 4 is 11.9 Å². The van der Waals surface area contributed by atoms with Gasteiger partial charge in [-0.25, -0.2) is 0 Å². The van der Waals surface area contributed by atoms with Gasteiger partial charge in [0.25, 0.3) is 0 Å². The number of carbonyl (C=O) groups excluding carboxylic acids is 2. The number of hydrogen-bond acceptors (Lipinski definition) is 4. The Morgan fingerprint density at radius 3 is 1.84 bits per heavy atom. The first kappa shape index (κ1) is 20.5. The smallest absolute Gasteiger partial charge is 0.312 e. The highest BCUT2D eigenvalue weighted by Crippen LogP contribution is 2.64. The molecule has 4 unspecified atom stereocenters.